The van der Waals surface area contributed by atoms with Crippen molar-refractivity contribution in [2.45, 2.75) is 20.0 Å². The molecule has 0 spiro atoms. The van der Waals surface area contributed by atoms with Crippen molar-refractivity contribution in [2.24, 2.45) is 0 Å². The van der Waals surface area contributed by atoms with Gasteiger partial charge in [0.05, 0.1) is 11.1 Å². The third kappa shape index (κ3) is 4.15. The largest absolute Gasteiger partial charge is 0.418 e. The van der Waals surface area contributed by atoms with E-state index >= 15 is 0 Å². The molecule has 1 saturated heterocycles. The van der Waals surface area contributed by atoms with E-state index in [-0.39, 0.29) is 23.2 Å². The predicted octanol–water partition coefficient (Wildman–Crippen LogP) is 4.09. The van der Waals surface area contributed by atoms with Crippen LogP contribution in [0, 0.1) is 6.92 Å². The molecule has 0 aromatic heterocycles. The summed E-state index contributed by atoms with van der Waals surface area (Å²) in [5.74, 6) is -0.390. The number of carbonyl (C=O) groups excluding carboxylic acids is 2. The van der Waals surface area contributed by atoms with E-state index in [0.717, 1.165) is 17.2 Å². The van der Waals surface area contributed by atoms with Crippen molar-refractivity contribution in [1.29, 1.82) is 0 Å². The van der Waals surface area contributed by atoms with Crippen LogP contribution in [0.4, 0.5) is 30.2 Å². The highest BCUT2D eigenvalue weighted by molar-refractivity contribution is 6.32. The lowest BCUT2D eigenvalue weighted by molar-refractivity contribution is -0.137. The number of hydrogen-bond donors (Lipinski definition) is 2. The number of nitrogens with zero attached hydrogens (tertiary/aromatic N) is 2. The maximum atomic E-state index is 13.8. The van der Waals surface area contributed by atoms with Crippen LogP contribution in [0.1, 0.15) is 23.6 Å². The lowest BCUT2D eigenvalue weighted by atomic mass is 10.0. The average molecular weight is 444 g/mol. The quantitative estimate of drug-likeness (QED) is 0.700. The minimum atomic E-state index is -4.55. The number of hydrogen-bond acceptors (Lipinski definition) is 4. The van der Waals surface area contributed by atoms with Gasteiger partial charge in [0.25, 0.3) is 5.91 Å². The monoisotopic (exact) mass is 444 g/mol. The van der Waals surface area contributed by atoms with Crippen molar-refractivity contribution in [2.75, 3.05) is 41.7 Å². The highest BCUT2D eigenvalue weighted by atomic mass is 19.4. The van der Waals surface area contributed by atoms with E-state index in [2.05, 4.69) is 10.6 Å². The van der Waals surface area contributed by atoms with Crippen LogP contribution in [0.3, 0.4) is 0 Å². The Kier molecular flexibility index (Phi) is 5.58. The van der Waals surface area contributed by atoms with Gasteiger partial charge in [-0.15, -0.1) is 0 Å². The number of amides is 2. The number of halogens is 3. The molecule has 4 rings (SSSR count). The first kappa shape index (κ1) is 21.7. The zero-order valence-electron chi connectivity index (χ0n) is 17.7. The maximum absolute atomic E-state index is 13.8. The van der Waals surface area contributed by atoms with Gasteiger partial charge < -0.3 is 20.4 Å². The number of anilines is 3. The Morgan fingerprint density at radius 2 is 1.84 bits per heavy atom. The van der Waals surface area contributed by atoms with E-state index in [1.54, 1.807) is 21.9 Å². The summed E-state index contributed by atoms with van der Waals surface area (Å²) in [6, 6.07) is 9.52. The number of benzene rings is 2. The summed E-state index contributed by atoms with van der Waals surface area (Å²) in [5, 5.41) is 5.62. The molecule has 6 nitrogen and oxygen atoms in total. The molecule has 9 heteroatoms. The third-order valence-electron chi connectivity index (χ3n) is 5.79. The van der Waals surface area contributed by atoms with Gasteiger partial charge in [0.15, 0.2) is 0 Å². The second-order valence-electron chi connectivity index (χ2n) is 7.88. The summed E-state index contributed by atoms with van der Waals surface area (Å²) in [7, 11) is 0. The molecule has 0 atom stereocenters. The average Bonchev–Trinajstić information content (AvgIpc) is 3.08. The fraction of sp³-hybridized carbons (Fsp3) is 0.304. The number of aryl methyl sites for hydroxylation is 1. The van der Waals surface area contributed by atoms with E-state index in [0.29, 0.717) is 37.4 Å². The van der Waals surface area contributed by atoms with Crippen LogP contribution < -0.4 is 15.5 Å². The Labute approximate surface area is 183 Å². The normalized spacial score (nSPS) is 17.4. The van der Waals surface area contributed by atoms with Gasteiger partial charge in [-0.3, -0.25) is 9.59 Å². The van der Waals surface area contributed by atoms with Crippen molar-refractivity contribution in [3.05, 3.63) is 59.3 Å². The molecule has 1 fully saturated rings. The summed E-state index contributed by atoms with van der Waals surface area (Å²) in [4.78, 5) is 27.1. The number of carbonyl (C=O) groups is 2. The number of alkyl halides is 3. The Morgan fingerprint density at radius 1 is 1.12 bits per heavy atom. The van der Waals surface area contributed by atoms with Crippen LogP contribution in [-0.2, 0) is 15.8 Å². The van der Waals surface area contributed by atoms with E-state index < -0.39 is 11.7 Å². The summed E-state index contributed by atoms with van der Waals surface area (Å²) >= 11 is 0. The van der Waals surface area contributed by atoms with Crippen molar-refractivity contribution in [1.82, 2.24) is 4.90 Å². The molecule has 0 bridgehead atoms. The van der Waals surface area contributed by atoms with E-state index in [1.807, 2.05) is 19.1 Å². The lowest BCUT2D eigenvalue weighted by Crippen LogP contribution is -2.48. The van der Waals surface area contributed by atoms with Gasteiger partial charge in [-0.25, -0.2) is 0 Å². The van der Waals surface area contributed by atoms with Crippen molar-refractivity contribution in [3.8, 4) is 0 Å². The molecular formula is C23H23F3N4O2. The predicted molar refractivity (Wildman–Crippen MR) is 117 cm³/mol. The van der Waals surface area contributed by atoms with Crippen molar-refractivity contribution < 1.29 is 22.8 Å². The highest BCUT2D eigenvalue weighted by Gasteiger charge is 2.36. The minimum Gasteiger partial charge on any atom is -0.367 e. The molecule has 0 aliphatic carbocycles. The fourth-order valence-corrected chi connectivity index (χ4v) is 4.12. The number of fused-ring (bicyclic) bond motifs is 1. The smallest absolute Gasteiger partial charge is 0.367 e. The number of piperazine rings is 1. The molecule has 2 aliphatic heterocycles. The van der Waals surface area contributed by atoms with Crippen molar-refractivity contribution >= 4 is 34.4 Å². The summed E-state index contributed by atoms with van der Waals surface area (Å²) < 4.78 is 41.5. The molecule has 2 aromatic carbocycles. The number of rotatable bonds is 3. The first-order chi connectivity index (χ1) is 15.1. The molecular weight excluding hydrogens is 421 g/mol. The van der Waals surface area contributed by atoms with Crippen LogP contribution in [0.25, 0.3) is 5.57 Å². The molecule has 0 unspecified atom stereocenters. The molecule has 168 valence electrons. The second-order valence-corrected chi connectivity index (χ2v) is 7.88. The number of nitrogens with one attached hydrogen (secondary N) is 2. The Morgan fingerprint density at radius 3 is 2.50 bits per heavy atom. The minimum absolute atomic E-state index is 0.0821. The molecule has 2 N–H and O–H groups in total. The standard InChI is InChI=1S/C23H23F3N4O2/c1-14-4-3-5-19-21(14)17(22(32)28-19)13-27-16-6-7-20(18(12-16)23(24,25)26)30-10-8-29(9-11-30)15(2)31/h3-7,12-13,27H,8-11H2,1-2H3,(H,28,32). The van der Waals surface area contributed by atoms with Crippen LogP contribution in [0.15, 0.2) is 42.6 Å². The molecule has 2 heterocycles. The van der Waals surface area contributed by atoms with Gasteiger partial charge in [-0.2, -0.15) is 13.2 Å². The molecule has 2 amide bonds. The van der Waals surface area contributed by atoms with Gasteiger partial charge in [-0.05, 0) is 36.8 Å². The zero-order chi connectivity index (χ0) is 23.0. The highest BCUT2D eigenvalue weighted by Crippen LogP contribution is 2.39. The topological polar surface area (TPSA) is 64.7 Å². The Bertz CT molecular complexity index is 1100. The maximum Gasteiger partial charge on any atom is 0.418 e. The Hall–Kier alpha value is -3.49. The molecule has 32 heavy (non-hydrogen) atoms. The summed E-state index contributed by atoms with van der Waals surface area (Å²) in [6.45, 7) is 4.75. The van der Waals surface area contributed by atoms with Gasteiger partial charge in [0.1, 0.15) is 0 Å². The van der Waals surface area contributed by atoms with Crippen LogP contribution in [-0.4, -0.2) is 42.9 Å². The van der Waals surface area contributed by atoms with E-state index in [9.17, 15) is 22.8 Å². The van der Waals surface area contributed by atoms with Crippen LogP contribution in [0.2, 0.25) is 0 Å². The van der Waals surface area contributed by atoms with Gasteiger partial charge >= 0.3 is 6.18 Å². The van der Waals surface area contributed by atoms with E-state index in [1.165, 1.54) is 19.2 Å². The summed E-state index contributed by atoms with van der Waals surface area (Å²) in [5.41, 5.74) is 2.23. The zero-order valence-corrected chi connectivity index (χ0v) is 17.7. The fourth-order valence-electron chi connectivity index (χ4n) is 4.12. The van der Waals surface area contributed by atoms with Crippen LogP contribution in [0.5, 0.6) is 0 Å². The first-order valence-corrected chi connectivity index (χ1v) is 10.2. The Balaban J connectivity index is 1.60. The molecule has 2 aromatic rings. The van der Waals surface area contributed by atoms with E-state index in [4.69, 9.17) is 0 Å². The molecule has 0 saturated carbocycles. The summed E-state index contributed by atoms with van der Waals surface area (Å²) in [6.07, 6.45) is -3.11. The van der Waals surface area contributed by atoms with Gasteiger partial charge in [0, 0.05) is 61.9 Å². The van der Waals surface area contributed by atoms with Gasteiger partial charge in [-0.1, -0.05) is 12.1 Å². The third-order valence-corrected chi connectivity index (χ3v) is 5.79. The van der Waals surface area contributed by atoms with Crippen molar-refractivity contribution in [3.63, 3.8) is 0 Å². The van der Waals surface area contributed by atoms with Gasteiger partial charge in [0.2, 0.25) is 5.91 Å². The lowest BCUT2D eigenvalue weighted by Gasteiger charge is -2.36. The first-order valence-electron chi connectivity index (χ1n) is 10.2. The molecule has 2 aliphatic rings. The second kappa shape index (κ2) is 8.22. The molecule has 0 radical (unpaired) electrons. The van der Waals surface area contributed by atoms with Crippen LogP contribution >= 0.6 is 0 Å². The SMILES string of the molecule is CC(=O)N1CCN(c2ccc(NC=C3C(=O)Nc4cccc(C)c43)cc2C(F)(F)F)CC1.